The second kappa shape index (κ2) is 10.1. The number of furan rings is 1. The van der Waals surface area contributed by atoms with Crippen molar-refractivity contribution >= 4 is 65.2 Å². The highest BCUT2D eigenvalue weighted by atomic mass is 16.3. The van der Waals surface area contributed by atoms with Gasteiger partial charge in [-0.2, -0.15) is 0 Å². The van der Waals surface area contributed by atoms with Crippen LogP contribution in [-0.2, 0) is 0 Å². The van der Waals surface area contributed by atoms with Crippen molar-refractivity contribution in [3.8, 4) is 33.5 Å². The highest BCUT2D eigenvalue weighted by Gasteiger charge is 2.22. The largest absolute Gasteiger partial charge is 0.455 e. The van der Waals surface area contributed by atoms with Crippen LogP contribution in [0.5, 0.6) is 0 Å². The topological polar surface area (TPSA) is 38.9 Å². The molecule has 0 amide bonds. The van der Waals surface area contributed by atoms with Crippen molar-refractivity contribution in [3.05, 3.63) is 158 Å². The Morgan fingerprint density at radius 1 is 0.404 bits per heavy atom. The Hall–Kier alpha value is -6.32. The summed E-state index contributed by atoms with van der Waals surface area (Å²) in [5, 5.41) is 10.3. The van der Waals surface area contributed by atoms with E-state index >= 15 is 0 Å². The average Bonchev–Trinajstić information content (AvgIpc) is 3.53. The van der Waals surface area contributed by atoms with Crippen LogP contribution in [0.25, 0.3) is 98.7 Å². The van der Waals surface area contributed by atoms with E-state index in [0.29, 0.717) is 0 Å². The average molecular weight is 599 g/mol. The molecule has 0 unspecified atom stereocenters. The van der Waals surface area contributed by atoms with E-state index < -0.39 is 0 Å². The third-order valence-corrected chi connectivity index (χ3v) is 9.54. The Morgan fingerprint density at radius 2 is 1.00 bits per heavy atom. The minimum atomic E-state index is 0.896. The molecule has 0 aliphatic rings. The maximum absolute atomic E-state index is 6.63. The molecule has 7 aromatic carbocycles. The van der Waals surface area contributed by atoms with Crippen molar-refractivity contribution in [1.82, 2.24) is 9.97 Å². The summed E-state index contributed by atoms with van der Waals surface area (Å²) in [7, 11) is 0. The van der Waals surface area contributed by atoms with E-state index in [1.807, 2.05) is 24.5 Å². The van der Waals surface area contributed by atoms with Crippen LogP contribution in [0.1, 0.15) is 0 Å². The molecule has 0 atom stereocenters. The molecule has 0 aliphatic heterocycles. The van der Waals surface area contributed by atoms with E-state index in [0.717, 1.165) is 66.0 Å². The predicted octanol–water partition coefficient (Wildman–Crippen LogP) is 12.0. The first-order valence-corrected chi connectivity index (χ1v) is 15.9. The van der Waals surface area contributed by atoms with Crippen molar-refractivity contribution in [2.24, 2.45) is 0 Å². The summed E-state index contributed by atoms with van der Waals surface area (Å²) in [5.74, 6) is 0. The second-order valence-electron chi connectivity index (χ2n) is 12.1. The SMILES string of the molecule is c1cncc(-c2ccc(-c3c4ccccc4c(-c4nc5ccccc5c5c4ccc4c6ccccc6oc45)c4ccccc34)cc2)c1. The molecule has 47 heavy (non-hydrogen) atoms. The predicted molar refractivity (Wildman–Crippen MR) is 196 cm³/mol. The number of rotatable bonds is 3. The Labute approximate surface area is 270 Å². The van der Waals surface area contributed by atoms with Gasteiger partial charge in [-0.3, -0.25) is 4.98 Å². The normalized spacial score (nSPS) is 11.8. The quantitative estimate of drug-likeness (QED) is 0.150. The molecular formula is C44H26N2O. The van der Waals surface area contributed by atoms with Crippen molar-refractivity contribution in [3.63, 3.8) is 0 Å². The Balaban J connectivity index is 1.31. The summed E-state index contributed by atoms with van der Waals surface area (Å²) in [4.78, 5) is 9.75. The van der Waals surface area contributed by atoms with Gasteiger partial charge < -0.3 is 4.42 Å². The smallest absolute Gasteiger partial charge is 0.144 e. The molecule has 0 fully saturated rings. The monoisotopic (exact) mass is 598 g/mol. The van der Waals surface area contributed by atoms with Gasteiger partial charge in [0.15, 0.2) is 0 Å². The van der Waals surface area contributed by atoms with Crippen molar-refractivity contribution in [1.29, 1.82) is 0 Å². The Kier molecular flexibility index (Phi) is 5.57. The van der Waals surface area contributed by atoms with Crippen LogP contribution in [-0.4, -0.2) is 9.97 Å². The first-order chi connectivity index (χ1) is 23.3. The number of para-hydroxylation sites is 2. The number of hydrogen-bond donors (Lipinski definition) is 0. The molecule has 0 saturated carbocycles. The molecule has 218 valence electrons. The van der Waals surface area contributed by atoms with Gasteiger partial charge in [0.05, 0.1) is 11.2 Å². The van der Waals surface area contributed by atoms with Gasteiger partial charge in [-0.25, -0.2) is 4.98 Å². The molecule has 0 aliphatic carbocycles. The van der Waals surface area contributed by atoms with Crippen LogP contribution in [0.2, 0.25) is 0 Å². The number of pyridine rings is 2. The van der Waals surface area contributed by atoms with E-state index in [9.17, 15) is 0 Å². The molecule has 0 spiro atoms. The van der Waals surface area contributed by atoms with Crippen LogP contribution < -0.4 is 0 Å². The lowest BCUT2D eigenvalue weighted by molar-refractivity contribution is 0.673. The lowest BCUT2D eigenvalue weighted by Crippen LogP contribution is -1.95. The summed E-state index contributed by atoms with van der Waals surface area (Å²) < 4.78 is 6.63. The summed E-state index contributed by atoms with van der Waals surface area (Å²) in [6.45, 7) is 0. The molecule has 10 rings (SSSR count). The molecule has 3 heteroatoms. The van der Waals surface area contributed by atoms with Gasteiger partial charge in [-0.05, 0) is 68.1 Å². The van der Waals surface area contributed by atoms with Crippen LogP contribution in [0.4, 0.5) is 0 Å². The van der Waals surface area contributed by atoms with E-state index in [2.05, 4.69) is 138 Å². The first kappa shape index (κ1) is 26.0. The molecule has 0 bridgehead atoms. The van der Waals surface area contributed by atoms with E-state index in [1.165, 1.54) is 32.7 Å². The van der Waals surface area contributed by atoms with Crippen molar-refractivity contribution < 1.29 is 4.42 Å². The van der Waals surface area contributed by atoms with E-state index in [4.69, 9.17) is 9.40 Å². The van der Waals surface area contributed by atoms with Gasteiger partial charge in [0.25, 0.3) is 0 Å². The standard InChI is InChI=1S/C44H26N2O/c1-3-14-33-31(12-1)40(28-21-19-27(20-22-28)29-10-9-25-45-26-29)32-13-2-4-15-34(32)41(33)43-37-24-23-35-30-11-6-8-18-39(30)47-44(35)42(37)36-16-5-7-17-38(36)46-43/h1-26H. The lowest BCUT2D eigenvalue weighted by Gasteiger charge is -2.19. The molecule has 3 nitrogen and oxygen atoms in total. The number of fused-ring (bicyclic) bond motifs is 9. The second-order valence-corrected chi connectivity index (χ2v) is 12.1. The first-order valence-electron chi connectivity index (χ1n) is 15.9. The van der Waals surface area contributed by atoms with Gasteiger partial charge in [-0.1, -0.05) is 121 Å². The van der Waals surface area contributed by atoms with Crippen molar-refractivity contribution in [2.75, 3.05) is 0 Å². The van der Waals surface area contributed by atoms with Crippen LogP contribution >= 0.6 is 0 Å². The summed E-state index contributed by atoms with van der Waals surface area (Å²) in [6.07, 6.45) is 3.72. The van der Waals surface area contributed by atoms with Crippen LogP contribution in [0.15, 0.2) is 162 Å². The number of benzene rings is 7. The molecular weight excluding hydrogens is 572 g/mol. The summed E-state index contributed by atoms with van der Waals surface area (Å²) in [6, 6.07) is 51.6. The zero-order valence-electron chi connectivity index (χ0n) is 25.3. The zero-order chi connectivity index (χ0) is 30.9. The molecule has 3 aromatic heterocycles. The van der Waals surface area contributed by atoms with Gasteiger partial charge >= 0.3 is 0 Å². The number of nitrogens with zero attached hydrogens (tertiary/aromatic N) is 2. The molecule has 3 heterocycles. The molecule has 10 aromatic rings. The fourth-order valence-corrected chi connectivity index (χ4v) is 7.46. The Bertz CT molecular complexity index is 2780. The summed E-state index contributed by atoms with van der Waals surface area (Å²) in [5.41, 5.74) is 9.51. The van der Waals surface area contributed by atoms with E-state index in [1.54, 1.807) is 0 Å². The van der Waals surface area contributed by atoms with Crippen LogP contribution in [0.3, 0.4) is 0 Å². The molecule has 0 saturated heterocycles. The van der Waals surface area contributed by atoms with Gasteiger partial charge in [0, 0.05) is 44.9 Å². The fourth-order valence-electron chi connectivity index (χ4n) is 7.46. The summed E-state index contributed by atoms with van der Waals surface area (Å²) >= 11 is 0. The van der Waals surface area contributed by atoms with Gasteiger partial charge in [0.1, 0.15) is 11.2 Å². The maximum Gasteiger partial charge on any atom is 0.144 e. The highest BCUT2D eigenvalue weighted by molar-refractivity contribution is 6.28. The lowest BCUT2D eigenvalue weighted by atomic mass is 9.85. The third kappa shape index (κ3) is 3.87. The van der Waals surface area contributed by atoms with Crippen molar-refractivity contribution in [2.45, 2.75) is 0 Å². The van der Waals surface area contributed by atoms with Gasteiger partial charge in [-0.15, -0.1) is 0 Å². The number of hydrogen-bond acceptors (Lipinski definition) is 3. The highest BCUT2D eigenvalue weighted by Crippen LogP contribution is 2.47. The zero-order valence-corrected chi connectivity index (χ0v) is 25.3. The molecule has 0 radical (unpaired) electrons. The van der Waals surface area contributed by atoms with Crippen LogP contribution in [0, 0.1) is 0 Å². The fraction of sp³-hybridized carbons (Fsp3) is 0. The van der Waals surface area contributed by atoms with E-state index in [-0.39, 0.29) is 0 Å². The van der Waals surface area contributed by atoms with Gasteiger partial charge in [0.2, 0.25) is 0 Å². The minimum Gasteiger partial charge on any atom is -0.455 e. The molecule has 0 N–H and O–H groups in total. The Morgan fingerprint density at radius 3 is 1.70 bits per heavy atom. The maximum atomic E-state index is 6.63. The number of aromatic nitrogens is 2. The third-order valence-electron chi connectivity index (χ3n) is 9.54. The minimum absolute atomic E-state index is 0.896.